The third-order valence-corrected chi connectivity index (χ3v) is 4.86. The summed E-state index contributed by atoms with van der Waals surface area (Å²) in [6, 6.07) is -0.0228. The zero-order chi connectivity index (χ0) is 18.8. The molecular weight excluding hydrogens is 336 g/mol. The topological polar surface area (TPSA) is 107 Å². The zero-order valence-electron chi connectivity index (χ0n) is 15.5. The number of carbonyl (C=O) groups is 1. The summed E-state index contributed by atoms with van der Waals surface area (Å²) in [5, 5.41) is 0. The van der Waals surface area contributed by atoms with E-state index in [-0.39, 0.29) is 17.2 Å². The number of nitrogens with one attached hydrogen (secondary N) is 2. The van der Waals surface area contributed by atoms with Crippen LogP contribution in [0.1, 0.15) is 33.1 Å². The smallest absolute Gasteiger partial charge is 0.325 e. The van der Waals surface area contributed by atoms with Crippen LogP contribution in [-0.4, -0.2) is 68.1 Å². The minimum atomic E-state index is -0.658. The molecule has 1 aliphatic heterocycles. The molecule has 3 heterocycles. The van der Waals surface area contributed by atoms with Crippen LogP contribution < -0.4 is 11.2 Å². The minimum absolute atomic E-state index is 0.0459. The molecule has 1 fully saturated rings. The average molecular weight is 362 g/mol. The van der Waals surface area contributed by atoms with Crippen LogP contribution in [0.3, 0.4) is 0 Å². The summed E-state index contributed by atoms with van der Waals surface area (Å²) in [6.07, 6.45) is 4.69. The van der Waals surface area contributed by atoms with Crippen molar-refractivity contribution in [3.63, 3.8) is 0 Å². The Morgan fingerprint density at radius 3 is 2.62 bits per heavy atom. The molecule has 1 amide bonds. The van der Waals surface area contributed by atoms with E-state index in [1.807, 2.05) is 0 Å². The van der Waals surface area contributed by atoms with Gasteiger partial charge in [0.1, 0.15) is 6.33 Å². The van der Waals surface area contributed by atoms with E-state index in [9.17, 15) is 14.4 Å². The Morgan fingerprint density at radius 2 is 1.96 bits per heavy atom. The van der Waals surface area contributed by atoms with Gasteiger partial charge in [-0.05, 0) is 38.3 Å². The van der Waals surface area contributed by atoms with Crippen molar-refractivity contribution in [3.8, 4) is 0 Å². The lowest BCUT2D eigenvalue weighted by Crippen LogP contribution is -2.45. The number of hydrogen-bond acceptors (Lipinski definition) is 5. The Labute approximate surface area is 151 Å². The lowest BCUT2D eigenvalue weighted by Gasteiger charge is -2.32. The Balaban J connectivity index is 1.82. The summed E-state index contributed by atoms with van der Waals surface area (Å²) < 4.78 is 1.22. The van der Waals surface area contributed by atoms with Crippen molar-refractivity contribution in [3.05, 3.63) is 27.2 Å². The fraction of sp³-hybridized carbons (Fsp3) is 0.647. The van der Waals surface area contributed by atoms with Crippen LogP contribution in [0.5, 0.6) is 0 Å². The van der Waals surface area contributed by atoms with Gasteiger partial charge in [-0.15, -0.1) is 0 Å². The summed E-state index contributed by atoms with van der Waals surface area (Å²) in [6.45, 7) is 7.09. The average Bonchev–Trinajstić information content (AvgIpc) is 3.22. The van der Waals surface area contributed by atoms with Gasteiger partial charge in [-0.1, -0.05) is 13.8 Å². The number of likely N-dealkylation sites (tertiary alicyclic amines) is 1. The summed E-state index contributed by atoms with van der Waals surface area (Å²) in [5.41, 5.74) is -1.09. The Bertz CT molecular complexity index is 890. The van der Waals surface area contributed by atoms with Crippen LogP contribution in [0, 0.1) is 5.92 Å². The summed E-state index contributed by atoms with van der Waals surface area (Å²) in [7, 11) is 1.74. The molecule has 26 heavy (non-hydrogen) atoms. The summed E-state index contributed by atoms with van der Waals surface area (Å²) >= 11 is 0. The van der Waals surface area contributed by atoms with E-state index in [2.05, 4.69) is 33.7 Å². The van der Waals surface area contributed by atoms with E-state index in [0.717, 1.165) is 19.5 Å². The molecule has 0 spiro atoms. The predicted octanol–water partition coefficient (Wildman–Crippen LogP) is 0.823. The molecule has 1 saturated heterocycles. The van der Waals surface area contributed by atoms with Gasteiger partial charge in [-0.2, -0.15) is 0 Å². The van der Waals surface area contributed by atoms with Gasteiger partial charge in [-0.25, -0.2) is 19.1 Å². The number of aromatic amines is 2. The molecular formula is C17H26N6O3. The molecule has 1 unspecified atom stereocenters. The second kappa shape index (κ2) is 7.45. The van der Waals surface area contributed by atoms with Crippen LogP contribution in [0.2, 0.25) is 0 Å². The monoisotopic (exact) mass is 362 g/mol. The molecule has 0 saturated carbocycles. The Morgan fingerprint density at radius 1 is 1.27 bits per heavy atom. The molecule has 9 nitrogen and oxygen atoms in total. The van der Waals surface area contributed by atoms with Crippen LogP contribution >= 0.6 is 0 Å². The van der Waals surface area contributed by atoms with Crippen LogP contribution in [0.4, 0.5) is 4.79 Å². The van der Waals surface area contributed by atoms with E-state index in [0.29, 0.717) is 18.5 Å². The maximum atomic E-state index is 12.9. The highest BCUT2D eigenvalue weighted by molar-refractivity contribution is 5.86. The van der Waals surface area contributed by atoms with Crippen molar-refractivity contribution >= 4 is 17.2 Å². The van der Waals surface area contributed by atoms with Gasteiger partial charge < -0.3 is 4.90 Å². The van der Waals surface area contributed by atoms with E-state index < -0.39 is 11.2 Å². The van der Waals surface area contributed by atoms with Crippen LogP contribution in [0.25, 0.3) is 11.2 Å². The fourth-order valence-electron chi connectivity index (χ4n) is 3.65. The molecule has 1 aliphatic rings. The third kappa shape index (κ3) is 3.72. The molecule has 0 radical (unpaired) electrons. The second-order valence-corrected chi connectivity index (χ2v) is 7.41. The van der Waals surface area contributed by atoms with Crippen molar-refractivity contribution in [1.29, 1.82) is 0 Å². The lowest BCUT2D eigenvalue weighted by atomic mass is 10.0. The first kappa shape index (κ1) is 18.4. The number of carbonyl (C=O) groups excluding carboxylic acids is 1. The van der Waals surface area contributed by atoms with Crippen molar-refractivity contribution in [2.45, 2.75) is 39.2 Å². The van der Waals surface area contributed by atoms with Gasteiger partial charge in [0.05, 0.1) is 0 Å². The minimum Gasteiger partial charge on any atom is -0.325 e. The van der Waals surface area contributed by atoms with E-state index in [4.69, 9.17) is 0 Å². The molecule has 2 aromatic rings. The molecule has 142 valence electrons. The highest BCUT2D eigenvalue weighted by Gasteiger charge is 2.26. The normalized spacial score (nSPS) is 16.5. The number of imidazole rings is 1. The van der Waals surface area contributed by atoms with Gasteiger partial charge in [0.15, 0.2) is 11.2 Å². The summed E-state index contributed by atoms with van der Waals surface area (Å²) in [5.74, 6) is 0.535. The highest BCUT2D eigenvalue weighted by Crippen LogP contribution is 2.19. The number of H-pyrrole nitrogens is 2. The van der Waals surface area contributed by atoms with Crippen molar-refractivity contribution in [2.75, 3.05) is 26.7 Å². The molecule has 0 bridgehead atoms. The molecule has 0 aromatic carbocycles. The molecule has 2 aromatic heterocycles. The van der Waals surface area contributed by atoms with Crippen molar-refractivity contribution in [2.24, 2.45) is 5.92 Å². The first-order valence-electron chi connectivity index (χ1n) is 9.06. The molecule has 9 heteroatoms. The van der Waals surface area contributed by atoms with E-state index in [1.54, 1.807) is 11.9 Å². The van der Waals surface area contributed by atoms with E-state index in [1.165, 1.54) is 23.7 Å². The molecule has 2 N–H and O–H groups in total. The SMILES string of the molecule is CC(C)CC(CN(C)C(=O)n1cnc2c(=O)[nH]c(=O)[nH]c21)N1CCCC1. The standard InChI is InChI=1S/C17H26N6O3/c1-11(2)8-12(22-6-4-5-7-22)9-21(3)17(26)23-10-18-13-14(23)19-16(25)20-15(13)24/h10-12H,4-9H2,1-3H3,(H2,19,20,24,25). The van der Waals surface area contributed by atoms with Gasteiger partial charge in [0.25, 0.3) is 5.56 Å². The van der Waals surface area contributed by atoms with E-state index >= 15 is 0 Å². The Hall–Kier alpha value is -2.42. The summed E-state index contributed by atoms with van der Waals surface area (Å²) in [4.78, 5) is 48.8. The first-order valence-corrected chi connectivity index (χ1v) is 9.06. The number of likely N-dealkylation sites (N-methyl/N-ethyl adjacent to an activating group) is 1. The van der Waals surface area contributed by atoms with Crippen molar-refractivity contribution in [1.82, 2.24) is 29.3 Å². The van der Waals surface area contributed by atoms with Crippen LogP contribution in [-0.2, 0) is 0 Å². The zero-order valence-corrected chi connectivity index (χ0v) is 15.5. The number of fused-ring (bicyclic) bond motifs is 1. The lowest BCUT2D eigenvalue weighted by molar-refractivity contribution is 0.158. The molecule has 3 rings (SSSR count). The molecule has 1 atom stereocenters. The first-order chi connectivity index (χ1) is 12.4. The quantitative estimate of drug-likeness (QED) is 0.819. The number of amides is 1. The number of rotatable bonds is 5. The Kier molecular flexibility index (Phi) is 5.26. The fourth-order valence-corrected chi connectivity index (χ4v) is 3.65. The highest BCUT2D eigenvalue weighted by atomic mass is 16.2. The number of aromatic nitrogens is 4. The number of hydrogen-bond donors (Lipinski definition) is 2. The van der Waals surface area contributed by atoms with Gasteiger partial charge in [-0.3, -0.25) is 19.7 Å². The molecule has 0 aliphatic carbocycles. The van der Waals surface area contributed by atoms with Gasteiger partial charge >= 0.3 is 11.7 Å². The predicted molar refractivity (Wildman–Crippen MR) is 98.4 cm³/mol. The van der Waals surface area contributed by atoms with Gasteiger partial charge in [0, 0.05) is 19.6 Å². The van der Waals surface area contributed by atoms with Crippen molar-refractivity contribution < 1.29 is 4.79 Å². The number of nitrogens with zero attached hydrogens (tertiary/aromatic N) is 4. The maximum Gasteiger partial charge on any atom is 0.330 e. The second-order valence-electron chi connectivity index (χ2n) is 7.41. The maximum absolute atomic E-state index is 12.9. The van der Waals surface area contributed by atoms with Crippen LogP contribution in [0.15, 0.2) is 15.9 Å². The largest absolute Gasteiger partial charge is 0.330 e. The van der Waals surface area contributed by atoms with Gasteiger partial charge in [0.2, 0.25) is 0 Å². The third-order valence-electron chi connectivity index (χ3n) is 4.86.